The molecule has 6 aliphatic heterocycles. The van der Waals surface area contributed by atoms with Crippen LogP contribution in [0.2, 0.25) is 0 Å². The summed E-state index contributed by atoms with van der Waals surface area (Å²) in [6.45, 7) is -3.17. The molecular weight excluding hydrogens is 1320 g/mol. The van der Waals surface area contributed by atoms with E-state index in [0.29, 0.717) is 17.1 Å². The van der Waals surface area contributed by atoms with Crippen molar-refractivity contribution in [2.24, 2.45) is 16.5 Å². The van der Waals surface area contributed by atoms with Crippen LogP contribution in [0.3, 0.4) is 0 Å². The first-order chi connectivity index (χ1) is 47.2. The average Bonchev–Trinajstić information content (AvgIpc) is 1.69. The van der Waals surface area contributed by atoms with Gasteiger partial charge in [0, 0.05) is 18.2 Å². The molecule has 3 aromatic carbocycles. The van der Waals surface area contributed by atoms with Gasteiger partial charge in [-0.05, 0) is 47.5 Å². The van der Waals surface area contributed by atoms with E-state index >= 15 is 9.59 Å². The summed E-state index contributed by atoms with van der Waals surface area (Å²) in [4.78, 5) is 69.1. The van der Waals surface area contributed by atoms with E-state index in [1.54, 1.807) is 61.5 Å². The van der Waals surface area contributed by atoms with Gasteiger partial charge < -0.3 is 131 Å². The molecule has 0 aromatic heterocycles. The number of aliphatic imine (C=N–C) groups is 1. The first kappa shape index (κ1) is 75.0. The Kier molecular flexibility index (Phi) is 25.2. The van der Waals surface area contributed by atoms with Crippen LogP contribution in [0.1, 0.15) is 24.0 Å². The lowest BCUT2D eigenvalue weighted by Gasteiger charge is -2.46. The van der Waals surface area contributed by atoms with Crippen LogP contribution in [-0.2, 0) is 44.5 Å². The Labute approximate surface area is 563 Å². The van der Waals surface area contributed by atoms with Crippen LogP contribution in [0.15, 0.2) is 83.9 Å². The summed E-state index contributed by atoms with van der Waals surface area (Å²) in [7, 11) is 1.47. The first-order valence-corrected chi connectivity index (χ1v) is 31.6. The average molecular weight is 1400 g/mol. The second kappa shape index (κ2) is 33.3. The lowest BCUT2D eigenvalue weighted by Crippen LogP contribution is -2.80. The lowest BCUT2D eigenvalue weighted by atomic mass is 9.92. The Morgan fingerprint density at radius 2 is 1.24 bits per heavy atom. The van der Waals surface area contributed by atoms with Gasteiger partial charge in [0.05, 0.1) is 33.5 Å². The van der Waals surface area contributed by atoms with Gasteiger partial charge >= 0.3 is 17.8 Å². The van der Waals surface area contributed by atoms with Crippen molar-refractivity contribution >= 4 is 47.3 Å². The second-order valence-corrected chi connectivity index (χ2v) is 24.4. The largest absolute Gasteiger partial charge is 0.858 e. The molecule has 3 saturated heterocycles. The Balaban J connectivity index is 0.997. The lowest BCUT2D eigenvalue weighted by molar-refractivity contribution is -0.663. The molecule has 0 spiro atoms. The van der Waals surface area contributed by atoms with E-state index < -0.39 is 227 Å². The maximum atomic E-state index is 15.2. The third-order valence-electron chi connectivity index (χ3n) is 17.9. The Bertz CT molecular complexity index is 3360. The van der Waals surface area contributed by atoms with Crippen molar-refractivity contribution in [1.29, 1.82) is 0 Å². The third-order valence-corrected chi connectivity index (χ3v) is 17.9. The molecule has 6 aliphatic rings. The highest BCUT2D eigenvalue weighted by molar-refractivity contribution is 5.97. The number of benzene rings is 3. The molecule has 99 heavy (non-hydrogen) atoms. The summed E-state index contributed by atoms with van der Waals surface area (Å²) in [6, 6.07) is 7.44. The number of aliphatic hydroxyl groups is 14. The second-order valence-electron chi connectivity index (χ2n) is 24.4. The Morgan fingerprint density at radius 3 is 1.89 bits per heavy atom. The van der Waals surface area contributed by atoms with E-state index in [0.717, 1.165) is 4.58 Å². The summed E-state index contributed by atoms with van der Waals surface area (Å²) < 4.78 is 41.0. The number of nitrogens with one attached hydrogen (secondary N) is 8. The molecule has 9 rings (SSSR count). The van der Waals surface area contributed by atoms with Crippen molar-refractivity contribution in [2.75, 3.05) is 53.2 Å². The number of carbonyl (C=O) groups excluding carboxylic acids is 4. The van der Waals surface area contributed by atoms with Crippen LogP contribution in [0.25, 0.3) is 0 Å². The molecular formula is C61H86N12O26+2. The number of amides is 4. The fourth-order valence-electron chi connectivity index (χ4n) is 12.1. The van der Waals surface area contributed by atoms with Crippen LogP contribution in [-0.4, -0.2) is 323 Å². The predicted molar refractivity (Wildman–Crippen MR) is 332 cm³/mol. The Morgan fingerprint density at radius 1 is 0.646 bits per heavy atom. The van der Waals surface area contributed by atoms with Crippen LogP contribution >= 0.6 is 0 Å². The number of nitrogens with two attached hydrogens (primary N) is 2. The molecule has 6 heterocycles. The van der Waals surface area contributed by atoms with Crippen molar-refractivity contribution in [3.63, 3.8) is 0 Å². The minimum absolute atomic E-state index is 0.0666. The molecule has 3 aromatic rings. The van der Waals surface area contributed by atoms with Gasteiger partial charge in [-0.15, -0.1) is 0 Å². The monoisotopic (exact) mass is 1400 g/mol. The normalized spacial score (nSPS) is 35.4. The topological polar surface area (TPSA) is 607 Å². The smallest absolute Gasteiger partial charge is 0.358 e. The number of guanidine groups is 2. The summed E-state index contributed by atoms with van der Waals surface area (Å²) in [6.07, 6.45) is -31.3. The third kappa shape index (κ3) is 17.3. The van der Waals surface area contributed by atoms with Crippen LogP contribution in [0.4, 0.5) is 0 Å². The molecule has 38 heteroatoms. The molecule has 25 atom stereocenters. The number of nitrogens with zero attached hydrogens (tertiary/aromatic N) is 2. The fraction of sp³-hybridized carbons (Fsp3) is 0.574. The van der Waals surface area contributed by atoms with Gasteiger partial charge in [-0.25, -0.2) is 9.57 Å². The number of ether oxygens (including phenoxy) is 7. The van der Waals surface area contributed by atoms with Crippen LogP contribution in [0, 0.1) is 0 Å². The van der Waals surface area contributed by atoms with Gasteiger partial charge in [0.25, 0.3) is 0 Å². The number of hydrogen-bond acceptors (Lipinski definition) is 30. The number of hydrogen-bond donors (Lipinski definition) is 24. The number of rotatable bonds is 20. The van der Waals surface area contributed by atoms with Crippen molar-refractivity contribution in [3.8, 4) is 17.2 Å². The molecule has 0 aliphatic carbocycles. The van der Waals surface area contributed by atoms with Gasteiger partial charge in [-0.2, -0.15) is 0 Å². The predicted octanol–water partition coefficient (Wildman–Crippen LogP) is -15.6. The zero-order chi connectivity index (χ0) is 71.7. The molecule has 38 nitrogen and oxygen atoms in total. The van der Waals surface area contributed by atoms with Crippen molar-refractivity contribution < 1.29 is 143 Å². The summed E-state index contributed by atoms with van der Waals surface area (Å²) in [5.41, 5.74) is 13.0. The van der Waals surface area contributed by atoms with E-state index in [1.807, 2.05) is 0 Å². The van der Waals surface area contributed by atoms with Crippen LogP contribution in [0.5, 0.6) is 17.2 Å². The Hall–Kier alpha value is -8.26. The van der Waals surface area contributed by atoms with E-state index in [9.17, 15) is 86.2 Å². The minimum Gasteiger partial charge on any atom is -0.858 e. The van der Waals surface area contributed by atoms with Gasteiger partial charge in [-0.3, -0.25) is 51.3 Å². The standard InChI is InChI=1S/C61H84N12O26/c1-24(26-6-4-3-5-7-26)38-54(90)67-30(16-25-8-10-29(11-9-25)95-58-50(87)47(84)51(35(22-76)97-58)99-59-49(86)46(83)44(81)36(98-59)23-94-28-14-12-27(93-2)13-15-28)53(89)71-39(41(78)31-17-65-60(62)69-31)56(92)72-40(55(91)68-32(20-74)52(88)64-19-37(77)70-38)42(79)33-18-66-61(63)73(33)57-48(85)45(82)43(80)34(21-75)96-57/h3-15,24,30-36,38-51,57-59,74-76,78-87H,16-23H2,1-2H3,(H11,62,63,64,65,66,67,68,69,70,71,72,77,88,89,90,91,92)/p+2/t24-,30-,31+,32?,33+,34+,35-,36+,38-,39+,40-,41-,42-,43+,44+,45+,46+,47+,48+,49+,50-,51-,57-,58+,59+/m1/s1. The number of carbonyl (C=O) groups is 4. The number of aliphatic hydroxyl groups excluding tert-OH is 14. The van der Waals surface area contributed by atoms with Gasteiger partial charge in [0.1, 0.15) is 152 Å². The van der Waals surface area contributed by atoms with Gasteiger partial charge in [0.2, 0.25) is 36.1 Å². The van der Waals surface area contributed by atoms with E-state index in [4.69, 9.17) is 44.6 Å². The highest BCUT2D eigenvalue weighted by atomic mass is 16.7. The van der Waals surface area contributed by atoms with Gasteiger partial charge in [0.15, 0.2) is 18.9 Å². The first-order valence-electron chi connectivity index (χ1n) is 31.6. The molecule has 0 saturated carbocycles. The van der Waals surface area contributed by atoms with E-state index in [1.165, 1.54) is 31.4 Å². The molecule has 26 N–H and O–H groups in total. The van der Waals surface area contributed by atoms with Crippen molar-refractivity contribution in [2.45, 2.75) is 166 Å². The maximum absolute atomic E-state index is 15.2. The summed E-state index contributed by atoms with van der Waals surface area (Å²) >= 11 is 0. The van der Waals surface area contributed by atoms with Crippen molar-refractivity contribution in [1.82, 2.24) is 31.9 Å². The zero-order valence-electron chi connectivity index (χ0n) is 53.3. The van der Waals surface area contributed by atoms with Crippen molar-refractivity contribution in [3.05, 3.63) is 90.0 Å². The highest BCUT2D eigenvalue weighted by Crippen LogP contribution is 2.32. The highest BCUT2D eigenvalue weighted by Gasteiger charge is 2.55. The van der Waals surface area contributed by atoms with Crippen LogP contribution < -0.4 is 72.7 Å². The number of methoxy groups -OCH3 is 1. The fourth-order valence-corrected chi connectivity index (χ4v) is 12.1. The molecule has 3 fully saturated rings. The molecule has 1 unspecified atom stereocenters. The zero-order valence-corrected chi connectivity index (χ0v) is 53.3. The molecule has 0 radical (unpaired) electrons. The molecule has 4 amide bonds. The SMILES string of the molecule is COc1ccc(OC[C@@H]2O[C@@H](O[C@H]3[C@@H](O)[C@@H](O)[C@@H](Oc4ccc(C[C@H]5NC(=O)[C@@H]([C@H](C)c6ccccc6)N=C([O-])C[NH+]=C(O)C(CO)NC(=O)[C@@H]([C@H](O)[C@@H]6CNC(N)=[N+]6[C@@H]6O[C@@H](CO)[C@H](O)[C@H](O)[C@@H]6O)NC(=O)[C@H]([C@H](O)[C@@H]6C[NH+]=C(N)N6)NC5=O)cc4)O[C@@H]3CO)[C@@H](O)[C@@H](O)[C@H]2O)cc1. The summed E-state index contributed by atoms with van der Waals surface area (Å²) in [5.74, 6) is -7.68. The minimum atomic E-state index is -2.30. The maximum Gasteiger partial charge on any atom is 0.358 e. The molecule has 0 bridgehead atoms. The molecule has 544 valence electrons. The van der Waals surface area contributed by atoms with E-state index in [-0.39, 0.29) is 36.4 Å². The quantitative estimate of drug-likeness (QED) is 0.0467. The van der Waals surface area contributed by atoms with Gasteiger partial charge in [-0.1, -0.05) is 49.4 Å². The summed E-state index contributed by atoms with van der Waals surface area (Å²) in [5, 5.41) is 184. The van der Waals surface area contributed by atoms with E-state index in [2.05, 4.69) is 46.9 Å².